The molecule has 0 radical (unpaired) electrons. The second-order valence-corrected chi connectivity index (χ2v) is 5.92. The molecule has 0 bridgehead atoms. The molecule has 1 aliphatic heterocycles. The molecule has 3 amide bonds. The summed E-state index contributed by atoms with van der Waals surface area (Å²) in [6.45, 7) is 5.31. The highest BCUT2D eigenvalue weighted by atomic mass is 16.2. The molecule has 1 saturated heterocycles. The van der Waals surface area contributed by atoms with Crippen LogP contribution in [0.4, 0.5) is 4.79 Å². The Labute approximate surface area is 137 Å². The zero-order valence-corrected chi connectivity index (χ0v) is 13.7. The topological polar surface area (TPSA) is 73.5 Å². The van der Waals surface area contributed by atoms with Crippen molar-refractivity contribution in [1.82, 2.24) is 20.9 Å². The monoisotopic (exact) mass is 318 g/mol. The van der Waals surface area contributed by atoms with Crippen LogP contribution >= 0.6 is 0 Å². The minimum Gasteiger partial charge on any atom is -0.355 e. The van der Waals surface area contributed by atoms with Crippen LogP contribution in [0.15, 0.2) is 30.3 Å². The maximum absolute atomic E-state index is 11.8. The van der Waals surface area contributed by atoms with Gasteiger partial charge in [-0.3, -0.25) is 9.69 Å². The number of benzene rings is 1. The molecule has 1 aliphatic rings. The molecule has 1 heterocycles. The van der Waals surface area contributed by atoms with Gasteiger partial charge < -0.3 is 16.0 Å². The van der Waals surface area contributed by atoms with Crippen LogP contribution in [0.1, 0.15) is 25.3 Å². The molecule has 6 nitrogen and oxygen atoms in total. The molecule has 1 aromatic carbocycles. The molecule has 0 spiro atoms. The van der Waals surface area contributed by atoms with Gasteiger partial charge in [0.2, 0.25) is 5.91 Å². The van der Waals surface area contributed by atoms with Crippen LogP contribution < -0.4 is 16.0 Å². The highest BCUT2D eigenvalue weighted by molar-refractivity contribution is 5.74. The van der Waals surface area contributed by atoms with E-state index < -0.39 is 0 Å². The van der Waals surface area contributed by atoms with Crippen LogP contribution in [0, 0.1) is 0 Å². The second kappa shape index (κ2) is 9.15. The molecule has 0 unspecified atom stereocenters. The Morgan fingerprint density at radius 2 is 1.74 bits per heavy atom. The van der Waals surface area contributed by atoms with Gasteiger partial charge in [-0.05, 0) is 18.4 Å². The van der Waals surface area contributed by atoms with Crippen molar-refractivity contribution < 1.29 is 9.59 Å². The van der Waals surface area contributed by atoms with Gasteiger partial charge in [0.05, 0.1) is 0 Å². The minimum absolute atomic E-state index is 0.0852. The summed E-state index contributed by atoms with van der Waals surface area (Å²) in [5, 5.41) is 8.41. The third-order valence-electron chi connectivity index (χ3n) is 3.96. The highest BCUT2D eigenvalue weighted by Crippen LogP contribution is 2.13. The Bertz CT molecular complexity index is 499. The van der Waals surface area contributed by atoms with E-state index in [9.17, 15) is 9.59 Å². The van der Waals surface area contributed by atoms with E-state index in [-0.39, 0.29) is 18.0 Å². The molecule has 0 atom stereocenters. The first-order chi connectivity index (χ1) is 11.1. The SMILES string of the molecule is CC(=O)NCCNC(=O)NC1CCN(Cc2ccccc2)CC1. The molecular formula is C17H26N4O2. The average molecular weight is 318 g/mol. The van der Waals surface area contributed by atoms with E-state index in [4.69, 9.17) is 0 Å². The van der Waals surface area contributed by atoms with E-state index in [0.717, 1.165) is 32.5 Å². The first-order valence-electron chi connectivity index (χ1n) is 8.18. The van der Waals surface area contributed by atoms with Crippen molar-refractivity contribution in [2.75, 3.05) is 26.2 Å². The number of carbonyl (C=O) groups excluding carboxylic acids is 2. The van der Waals surface area contributed by atoms with E-state index in [1.54, 1.807) is 0 Å². The van der Waals surface area contributed by atoms with Gasteiger partial charge >= 0.3 is 6.03 Å². The lowest BCUT2D eigenvalue weighted by Crippen LogP contribution is -2.48. The fraction of sp³-hybridized carbons (Fsp3) is 0.529. The summed E-state index contributed by atoms with van der Waals surface area (Å²) in [5.74, 6) is -0.0852. The molecule has 1 aromatic rings. The van der Waals surface area contributed by atoms with Crippen molar-refractivity contribution in [2.24, 2.45) is 0 Å². The number of piperidine rings is 1. The van der Waals surface area contributed by atoms with Gasteiger partial charge in [-0.15, -0.1) is 0 Å². The van der Waals surface area contributed by atoms with E-state index in [2.05, 4.69) is 45.1 Å². The van der Waals surface area contributed by atoms with Gasteiger partial charge in [-0.2, -0.15) is 0 Å². The van der Waals surface area contributed by atoms with Gasteiger partial charge in [0.25, 0.3) is 0 Å². The first-order valence-corrected chi connectivity index (χ1v) is 8.18. The summed E-state index contributed by atoms with van der Waals surface area (Å²) in [7, 11) is 0. The molecule has 0 aliphatic carbocycles. The molecule has 6 heteroatoms. The highest BCUT2D eigenvalue weighted by Gasteiger charge is 2.20. The van der Waals surface area contributed by atoms with Crippen molar-refractivity contribution in [2.45, 2.75) is 32.4 Å². The van der Waals surface area contributed by atoms with Gasteiger partial charge in [-0.1, -0.05) is 30.3 Å². The number of carbonyl (C=O) groups is 2. The molecule has 0 saturated carbocycles. The third-order valence-corrected chi connectivity index (χ3v) is 3.96. The number of nitrogens with one attached hydrogen (secondary N) is 3. The van der Waals surface area contributed by atoms with Gasteiger partial charge in [0.1, 0.15) is 0 Å². The van der Waals surface area contributed by atoms with Crippen LogP contribution in [0.25, 0.3) is 0 Å². The molecular weight excluding hydrogens is 292 g/mol. The normalized spacial score (nSPS) is 15.9. The Balaban J connectivity index is 1.60. The van der Waals surface area contributed by atoms with Crippen molar-refractivity contribution >= 4 is 11.9 Å². The molecule has 126 valence electrons. The molecule has 0 aromatic heterocycles. The quantitative estimate of drug-likeness (QED) is 0.687. The predicted octanol–water partition coefficient (Wildman–Crippen LogP) is 1.09. The Morgan fingerprint density at radius 1 is 1.09 bits per heavy atom. The maximum atomic E-state index is 11.8. The van der Waals surface area contributed by atoms with Crippen LogP contribution in [-0.4, -0.2) is 49.1 Å². The summed E-state index contributed by atoms with van der Waals surface area (Å²) in [4.78, 5) is 24.9. The molecule has 1 fully saturated rings. The van der Waals surface area contributed by atoms with Crippen LogP contribution in [0.3, 0.4) is 0 Å². The van der Waals surface area contributed by atoms with Crippen LogP contribution in [0.2, 0.25) is 0 Å². The Kier molecular flexibility index (Phi) is 6.87. The number of urea groups is 1. The van der Waals surface area contributed by atoms with Crippen LogP contribution in [0.5, 0.6) is 0 Å². The van der Waals surface area contributed by atoms with E-state index in [1.165, 1.54) is 12.5 Å². The van der Waals surface area contributed by atoms with Gasteiger partial charge in [0, 0.05) is 45.7 Å². The van der Waals surface area contributed by atoms with E-state index >= 15 is 0 Å². The number of hydrogen-bond donors (Lipinski definition) is 3. The standard InChI is InChI=1S/C17H26N4O2/c1-14(22)18-9-10-19-17(23)20-16-7-11-21(12-8-16)13-15-5-3-2-4-6-15/h2-6,16H,7-13H2,1H3,(H,18,22)(H2,19,20,23). The summed E-state index contributed by atoms with van der Waals surface area (Å²) < 4.78 is 0. The molecule has 23 heavy (non-hydrogen) atoms. The lowest BCUT2D eigenvalue weighted by atomic mass is 10.0. The zero-order chi connectivity index (χ0) is 16.5. The summed E-state index contributed by atoms with van der Waals surface area (Å²) in [5.41, 5.74) is 1.33. The number of likely N-dealkylation sites (tertiary alicyclic amines) is 1. The van der Waals surface area contributed by atoms with Gasteiger partial charge in [-0.25, -0.2) is 4.79 Å². The lowest BCUT2D eigenvalue weighted by Gasteiger charge is -2.32. The minimum atomic E-state index is -0.156. The number of nitrogens with zero attached hydrogens (tertiary/aromatic N) is 1. The number of hydrogen-bond acceptors (Lipinski definition) is 3. The first kappa shape index (κ1) is 17.3. The fourth-order valence-corrected chi connectivity index (χ4v) is 2.73. The van der Waals surface area contributed by atoms with E-state index in [0.29, 0.717) is 13.1 Å². The predicted molar refractivity (Wildman–Crippen MR) is 90.0 cm³/mol. The maximum Gasteiger partial charge on any atom is 0.315 e. The zero-order valence-electron chi connectivity index (χ0n) is 13.7. The third kappa shape index (κ3) is 6.69. The summed E-state index contributed by atoms with van der Waals surface area (Å²) >= 11 is 0. The fourth-order valence-electron chi connectivity index (χ4n) is 2.73. The van der Waals surface area contributed by atoms with Gasteiger partial charge in [0.15, 0.2) is 0 Å². The number of rotatable bonds is 6. The lowest BCUT2D eigenvalue weighted by molar-refractivity contribution is -0.118. The second-order valence-electron chi connectivity index (χ2n) is 5.92. The summed E-state index contributed by atoms with van der Waals surface area (Å²) in [6, 6.07) is 10.5. The summed E-state index contributed by atoms with van der Waals surface area (Å²) in [6.07, 6.45) is 1.93. The molecule has 2 rings (SSSR count). The smallest absolute Gasteiger partial charge is 0.315 e. The van der Waals surface area contributed by atoms with Crippen molar-refractivity contribution in [1.29, 1.82) is 0 Å². The average Bonchev–Trinajstić information content (AvgIpc) is 2.54. The van der Waals surface area contributed by atoms with Crippen molar-refractivity contribution in [3.63, 3.8) is 0 Å². The Hall–Kier alpha value is -2.08. The van der Waals surface area contributed by atoms with Crippen molar-refractivity contribution in [3.05, 3.63) is 35.9 Å². The van der Waals surface area contributed by atoms with Crippen molar-refractivity contribution in [3.8, 4) is 0 Å². The van der Waals surface area contributed by atoms with Crippen LogP contribution in [-0.2, 0) is 11.3 Å². The largest absolute Gasteiger partial charge is 0.355 e. The molecule has 3 N–H and O–H groups in total. The Morgan fingerprint density at radius 3 is 2.39 bits per heavy atom. The van der Waals surface area contributed by atoms with E-state index in [1.807, 2.05) is 6.07 Å². The number of amides is 3.